The van der Waals surface area contributed by atoms with Gasteiger partial charge >= 0.3 is 0 Å². The minimum absolute atomic E-state index is 0.0841. The topological polar surface area (TPSA) is 59.8 Å². The average molecular weight is 510 g/mol. The zero-order chi connectivity index (χ0) is 22.8. The first-order valence-electron chi connectivity index (χ1n) is 10.2. The van der Waals surface area contributed by atoms with Crippen molar-refractivity contribution >= 4 is 39.1 Å². The molecular weight excluding hydrogens is 488 g/mol. The Labute approximate surface area is 200 Å². The van der Waals surface area contributed by atoms with Gasteiger partial charge in [-0.05, 0) is 54.3 Å². The Morgan fingerprint density at radius 1 is 1.06 bits per heavy atom. The second kappa shape index (κ2) is 9.27. The molecule has 0 saturated carbocycles. The third kappa shape index (κ3) is 4.47. The van der Waals surface area contributed by atoms with Gasteiger partial charge in [0, 0.05) is 20.7 Å². The number of amides is 1. The molecule has 0 fully saturated rings. The molecule has 1 aromatic heterocycles. The molecule has 0 atom stereocenters. The summed E-state index contributed by atoms with van der Waals surface area (Å²) in [4.78, 5) is 17.8. The van der Waals surface area contributed by atoms with Crippen LogP contribution in [0, 0.1) is 6.92 Å². The Balaban J connectivity index is 1.79. The van der Waals surface area contributed by atoms with Crippen molar-refractivity contribution in [1.82, 2.24) is 14.8 Å². The van der Waals surface area contributed by atoms with Gasteiger partial charge in [0.05, 0.1) is 5.69 Å². The quantitative estimate of drug-likeness (QED) is 0.314. The molecule has 162 valence electrons. The second-order valence-corrected chi connectivity index (χ2v) is 9.08. The van der Waals surface area contributed by atoms with Crippen molar-refractivity contribution in [2.24, 2.45) is 0 Å². The molecule has 0 aliphatic carbocycles. The maximum absolute atomic E-state index is 13.2. The summed E-state index contributed by atoms with van der Waals surface area (Å²) in [6.45, 7) is 6.09. The van der Waals surface area contributed by atoms with Crippen LogP contribution in [0.1, 0.15) is 41.5 Å². The third-order valence-corrected chi connectivity index (χ3v) is 6.10. The van der Waals surface area contributed by atoms with Crippen molar-refractivity contribution < 1.29 is 4.79 Å². The molecule has 1 amide bonds. The number of rotatable bonds is 5. The predicted molar refractivity (Wildman–Crippen MR) is 133 cm³/mol. The van der Waals surface area contributed by atoms with E-state index in [9.17, 15) is 4.79 Å². The van der Waals surface area contributed by atoms with Gasteiger partial charge in [-0.2, -0.15) is 0 Å². The van der Waals surface area contributed by atoms with E-state index in [0.29, 0.717) is 10.8 Å². The molecule has 0 bridgehead atoms. The molecule has 0 aliphatic rings. The fourth-order valence-corrected chi connectivity index (χ4v) is 4.03. The van der Waals surface area contributed by atoms with E-state index in [0.717, 1.165) is 32.5 Å². The van der Waals surface area contributed by atoms with Gasteiger partial charge in [0.15, 0.2) is 5.82 Å². The average Bonchev–Trinajstić information content (AvgIpc) is 3.23. The van der Waals surface area contributed by atoms with Crippen LogP contribution in [-0.4, -0.2) is 20.7 Å². The van der Waals surface area contributed by atoms with Crippen LogP contribution >= 0.6 is 27.5 Å². The second-order valence-electron chi connectivity index (χ2n) is 7.76. The monoisotopic (exact) mass is 508 g/mol. The van der Waals surface area contributed by atoms with E-state index < -0.39 is 0 Å². The molecule has 5 nitrogen and oxygen atoms in total. The summed E-state index contributed by atoms with van der Waals surface area (Å²) in [7, 11) is 0. The zero-order valence-electron chi connectivity index (χ0n) is 17.9. The summed E-state index contributed by atoms with van der Waals surface area (Å²) >= 11 is 9.86. The van der Waals surface area contributed by atoms with Gasteiger partial charge in [-0.1, -0.05) is 77.8 Å². The van der Waals surface area contributed by atoms with Crippen molar-refractivity contribution in [2.45, 2.75) is 26.7 Å². The fourth-order valence-electron chi connectivity index (χ4n) is 3.48. The number of halogens is 2. The Morgan fingerprint density at radius 3 is 2.53 bits per heavy atom. The van der Waals surface area contributed by atoms with Gasteiger partial charge in [0.25, 0.3) is 5.91 Å². The Hall–Kier alpha value is -2.96. The van der Waals surface area contributed by atoms with Crippen LogP contribution in [0.25, 0.3) is 17.1 Å². The predicted octanol–water partition coefficient (Wildman–Crippen LogP) is 7.03. The van der Waals surface area contributed by atoms with Crippen LogP contribution in [0.4, 0.5) is 5.69 Å². The number of anilines is 1. The normalized spacial score (nSPS) is 11.1. The molecule has 1 heterocycles. The number of carbonyl (C=O) groups is 1. The lowest BCUT2D eigenvalue weighted by atomic mass is 10.0. The van der Waals surface area contributed by atoms with Gasteiger partial charge in [0.1, 0.15) is 0 Å². The van der Waals surface area contributed by atoms with E-state index in [1.807, 2.05) is 73.7 Å². The Bertz CT molecular complexity index is 1280. The van der Waals surface area contributed by atoms with Crippen LogP contribution < -0.4 is 5.32 Å². The lowest BCUT2D eigenvalue weighted by Gasteiger charge is -2.13. The molecular formula is C25H22BrClN4O. The number of aromatic nitrogens is 3. The molecule has 3 aromatic carbocycles. The van der Waals surface area contributed by atoms with Gasteiger partial charge < -0.3 is 5.32 Å². The zero-order valence-corrected chi connectivity index (χ0v) is 20.3. The van der Waals surface area contributed by atoms with E-state index in [-0.39, 0.29) is 17.6 Å². The van der Waals surface area contributed by atoms with E-state index in [1.54, 1.807) is 4.68 Å². The highest BCUT2D eigenvalue weighted by Crippen LogP contribution is 2.29. The molecule has 0 aliphatic heterocycles. The van der Waals surface area contributed by atoms with E-state index in [1.165, 1.54) is 0 Å². The third-order valence-electron chi connectivity index (χ3n) is 5.19. The first-order chi connectivity index (χ1) is 15.3. The number of hydrogen-bond acceptors (Lipinski definition) is 3. The van der Waals surface area contributed by atoms with Gasteiger partial charge in [0.2, 0.25) is 5.82 Å². The Kier molecular flexibility index (Phi) is 6.44. The molecule has 32 heavy (non-hydrogen) atoms. The largest absolute Gasteiger partial charge is 0.319 e. The lowest BCUT2D eigenvalue weighted by Crippen LogP contribution is -2.16. The maximum Gasteiger partial charge on any atom is 0.295 e. The molecule has 0 unspecified atom stereocenters. The number of hydrogen-bond donors (Lipinski definition) is 1. The number of nitrogens with one attached hydrogen (secondary N) is 1. The first kappa shape index (κ1) is 22.2. The van der Waals surface area contributed by atoms with Crippen LogP contribution in [0.3, 0.4) is 0 Å². The summed E-state index contributed by atoms with van der Waals surface area (Å²) < 4.78 is 2.64. The molecule has 0 spiro atoms. The molecule has 4 rings (SSSR count). The molecule has 7 heteroatoms. The molecule has 0 saturated heterocycles. The summed E-state index contributed by atoms with van der Waals surface area (Å²) in [5, 5.41) is 8.18. The smallest absolute Gasteiger partial charge is 0.295 e. The van der Waals surface area contributed by atoms with Gasteiger partial charge in [-0.25, -0.2) is 9.67 Å². The minimum atomic E-state index is -0.371. The summed E-state index contributed by atoms with van der Waals surface area (Å²) in [5.74, 6) is 0.522. The van der Waals surface area contributed by atoms with Crippen molar-refractivity contribution in [2.75, 3.05) is 5.32 Å². The van der Waals surface area contributed by atoms with Crippen molar-refractivity contribution in [3.05, 3.63) is 93.2 Å². The lowest BCUT2D eigenvalue weighted by molar-refractivity contribution is 0.101. The van der Waals surface area contributed by atoms with Crippen LogP contribution in [0.2, 0.25) is 5.02 Å². The fraction of sp³-hybridized carbons (Fsp3) is 0.160. The van der Waals surface area contributed by atoms with E-state index in [4.69, 9.17) is 11.6 Å². The first-order valence-corrected chi connectivity index (χ1v) is 11.4. The van der Waals surface area contributed by atoms with Crippen molar-refractivity contribution in [1.29, 1.82) is 0 Å². The highest BCUT2D eigenvalue weighted by Gasteiger charge is 2.21. The highest BCUT2D eigenvalue weighted by atomic mass is 79.9. The summed E-state index contributed by atoms with van der Waals surface area (Å²) in [5.41, 5.74) is 4.25. The molecule has 0 radical (unpaired) electrons. The van der Waals surface area contributed by atoms with Crippen LogP contribution in [0.5, 0.6) is 0 Å². The SMILES string of the molecule is Cc1c(Cl)cccc1-n1nc(C(=O)Nc2ccc(Br)cc2C(C)C)nc1-c1ccccc1. The van der Waals surface area contributed by atoms with Gasteiger partial charge in [-0.15, -0.1) is 5.10 Å². The highest BCUT2D eigenvalue weighted by molar-refractivity contribution is 9.10. The Morgan fingerprint density at radius 2 is 1.81 bits per heavy atom. The number of nitrogens with zero attached hydrogens (tertiary/aromatic N) is 3. The maximum atomic E-state index is 13.2. The van der Waals surface area contributed by atoms with E-state index in [2.05, 4.69) is 45.2 Å². The molecule has 1 N–H and O–H groups in total. The molecule has 4 aromatic rings. The van der Waals surface area contributed by atoms with Crippen LogP contribution in [-0.2, 0) is 0 Å². The summed E-state index contributed by atoms with van der Waals surface area (Å²) in [6.07, 6.45) is 0. The van der Waals surface area contributed by atoms with Gasteiger partial charge in [-0.3, -0.25) is 4.79 Å². The summed E-state index contributed by atoms with van der Waals surface area (Å²) in [6, 6.07) is 21.1. The van der Waals surface area contributed by atoms with Crippen molar-refractivity contribution in [3.63, 3.8) is 0 Å². The number of carbonyl (C=O) groups excluding carboxylic acids is 1. The van der Waals surface area contributed by atoms with E-state index >= 15 is 0 Å². The van der Waals surface area contributed by atoms with Crippen molar-refractivity contribution in [3.8, 4) is 17.1 Å². The number of benzene rings is 3. The standard InChI is InChI=1S/C25H22BrClN4O/c1-15(2)19-14-18(26)12-13-21(19)28-25(32)23-29-24(17-8-5-4-6-9-17)31(30-23)22-11-7-10-20(27)16(22)3/h4-15H,1-3H3,(H,28,32). The van der Waals surface area contributed by atoms with Crippen LogP contribution in [0.15, 0.2) is 71.2 Å². The minimum Gasteiger partial charge on any atom is -0.319 e.